The molecule has 2 aromatic rings. The summed E-state index contributed by atoms with van der Waals surface area (Å²) >= 11 is 0. The van der Waals surface area contributed by atoms with Crippen LogP contribution in [-0.4, -0.2) is 11.8 Å². The molecule has 0 saturated heterocycles. The standard InChI is InChI=1S/C25H32N2O2/c1-25(2,3)21-11-7-8-12-22(21)27-24(29)20-15-13-19(14-16-20)23(28)26-17-18-9-5-4-6-10-18/h4-12,19-20H,13-17H2,1-3H3,(H,26,28)(H,27,29). The smallest absolute Gasteiger partial charge is 0.227 e. The van der Waals surface area contributed by atoms with Gasteiger partial charge in [-0.25, -0.2) is 0 Å². The average Bonchev–Trinajstić information content (AvgIpc) is 2.72. The summed E-state index contributed by atoms with van der Waals surface area (Å²) in [5.41, 5.74) is 3.11. The van der Waals surface area contributed by atoms with Crippen LogP contribution in [0.4, 0.5) is 5.69 Å². The Morgan fingerprint density at radius 2 is 1.38 bits per heavy atom. The highest BCUT2D eigenvalue weighted by Gasteiger charge is 2.30. The van der Waals surface area contributed by atoms with Crippen LogP contribution in [0.3, 0.4) is 0 Å². The molecule has 0 aromatic heterocycles. The average molecular weight is 393 g/mol. The topological polar surface area (TPSA) is 58.2 Å². The normalized spacial score (nSPS) is 19.4. The molecule has 1 fully saturated rings. The van der Waals surface area contributed by atoms with Gasteiger partial charge in [0, 0.05) is 24.1 Å². The van der Waals surface area contributed by atoms with Gasteiger partial charge in [0.15, 0.2) is 0 Å². The summed E-state index contributed by atoms with van der Waals surface area (Å²) in [4.78, 5) is 25.3. The van der Waals surface area contributed by atoms with Crippen molar-refractivity contribution >= 4 is 17.5 Å². The molecule has 0 aliphatic heterocycles. The Bertz CT molecular complexity index is 831. The quantitative estimate of drug-likeness (QED) is 0.748. The number of nitrogens with one attached hydrogen (secondary N) is 2. The fourth-order valence-electron chi connectivity index (χ4n) is 4.03. The van der Waals surface area contributed by atoms with E-state index in [4.69, 9.17) is 0 Å². The highest BCUT2D eigenvalue weighted by molar-refractivity contribution is 5.93. The number of para-hydroxylation sites is 1. The van der Waals surface area contributed by atoms with E-state index in [1.54, 1.807) is 0 Å². The lowest BCUT2D eigenvalue weighted by Gasteiger charge is -2.28. The van der Waals surface area contributed by atoms with E-state index in [0.717, 1.165) is 42.5 Å². The summed E-state index contributed by atoms with van der Waals surface area (Å²) in [6.45, 7) is 7.01. The first kappa shape index (κ1) is 21.1. The van der Waals surface area contributed by atoms with Crippen LogP contribution in [-0.2, 0) is 21.5 Å². The Labute approximate surface area is 174 Å². The predicted octanol–water partition coefficient (Wildman–Crippen LogP) is 5.05. The van der Waals surface area contributed by atoms with Crippen molar-refractivity contribution in [1.29, 1.82) is 0 Å². The van der Waals surface area contributed by atoms with E-state index in [-0.39, 0.29) is 29.1 Å². The molecule has 29 heavy (non-hydrogen) atoms. The van der Waals surface area contributed by atoms with Gasteiger partial charge in [-0.05, 0) is 48.3 Å². The Hall–Kier alpha value is -2.62. The predicted molar refractivity (Wildman–Crippen MR) is 118 cm³/mol. The first-order valence-corrected chi connectivity index (χ1v) is 10.6. The van der Waals surface area contributed by atoms with Crippen LogP contribution in [0.15, 0.2) is 54.6 Å². The van der Waals surface area contributed by atoms with Crippen molar-refractivity contribution in [1.82, 2.24) is 5.32 Å². The lowest BCUT2D eigenvalue weighted by molar-refractivity contribution is -0.128. The van der Waals surface area contributed by atoms with Crippen LogP contribution in [0.1, 0.15) is 57.6 Å². The molecular weight excluding hydrogens is 360 g/mol. The molecule has 1 aliphatic rings. The molecule has 0 heterocycles. The first-order valence-electron chi connectivity index (χ1n) is 10.6. The van der Waals surface area contributed by atoms with Gasteiger partial charge in [0.05, 0.1) is 0 Å². The number of anilines is 1. The number of rotatable bonds is 5. The fourth-order valence-corrected chi connectivity index (χ4v) is 4.03. The lowest BCUT2D eigenvalue weighted by atomic mass is 9.80. The third kappa shape index (κ3) is 5.69. The van der Waals surface area contributed by atoms with Crippen LogP contribution in [0.25, 0.3) is 0 Å². The summed E-state index contributed by atoms with van der Waals surface area (Å²) in [5, 5.41) is 6.18. The van der Waals surface area contributed by atoms with Gasteiger partial charge in [0.2, 0.25) is 11.8 Å². The molecule has 1 saturated carbocycles. The maximum absolute atomic E-state index is 12.8. The molecule has 0 spiro atoms. The van der Waals surface area contributed by atoms with Crippen LogP contribution in [0.5, 0.6) is 0 Å². The zero-order valence-corrected chi connectivity index (χ0v) is 17.7. The maximum atomic E-state index is 12.8. The van der Waals surface area contributed by atoms with Crippen molar-refractivity contribution in [3.8, 4) is 0 Å². The molecule has 0 bridgehead atoms. The van der Waals surface area contributed by atoms with Crippen LogP contribution < -0.4 is 10.6 Å². The van der Waals surface area contributed by atoms with Gasteiger partial charge in [0.25, 0.3) is 0 Å². The van der Waals surface area contributed by atoms with Crippen molar-refractivity contribution < 1.29 is 9.59 Å². The summed E-state index contributed by atoms with van der Waals surface area (Å²) in [6.07, 6.45) is 3.04. The van der Waals surface area contributed by atoms with Crippen molar-refractivity contribution in [2.45, 2.75) is 58.4 Å². The van der Waals surface area contributed by atoms with Crippen LogP contribution >= 0.6 is 0 Å². The fraction of sp³-hybridized carbons (Fsp3) is 0.440. The summed E-state index contributed by atoms with van der Waals surface area (Å²) in [7, 11) is 0. The largest absolute Gasteiger partial charge is 0.352 e. The van der Waals surface area contributed by atoms with Gasteiger partial charge in [-0.15, -0.1) is 0 Å². The highest BCUT2D eigenvalue weighted by atomic mass is 16.2. The Morgan fingerprint density at radius 3 is 2.00 bits per heavy atom. The molecule has 154 valence electrons. The van der Waals surface area contributed by atoms with E-state index in [9.17, 15) is 9.59 Å². The number of hydrogen-bond acceptors (Lipinski definition) is 2. The number of carbonyl (C=O) groups excluding carboxylic acids is 2. The molecule has 2 N–H and O–H groups in total. The van der Waals surface area contributed by atoms with Gasteiger partial charge < -0.3 is 10.6 Å². The first-order chi connectivity index (χ1) is 13.8. The van der Waals surface area contributed by atoms with E-state index in [1.165, 1.54) is 0 Å². The molecule has 4 heteroatoms. The summed E-state index contributed by atoms with van der Waals surface area (Å²) < 4.78 is 0. The van der Waals surface area contributed by atoms with Crippen molar-refractivity contribution in [3.05, 3.63) is 65.7 Å². The number of benzene rings is 2. The lowest BCUT2D eigenvalue weighted by Crippen LogP contribution is -2.35. The molecule has 2 amide bonds. The molecule has 4 nitrogen and oxygen atoms in total. The molecule has 3 rings (SSSR count). The molecular formula is C25H32N2O2. The molecule has 0 unspecified atom stereocenters. The second-order valence-corrected chi connectivity index (χ2v) is 9.04. The van der Waals surface area contributed by atoms with Gasteiger partial charge in [0.1, 0.15) is 0 Å². The maximum Gasteiger partial charge on any atom is 0.227 e. The molecule has 2 aromatic carbocycles. The van der Waals surface area contributed by atoms with Crippen molar-refractivity contribution in [2.75, 3.05) is 5.32 Å². The van der Waals surface area contributed by atoms with Crippen LogP contribution in [0.2, 0.25) is 0 Å². The van der Waals surface area contributed by atoms with E-state index in [0.29, 0.717) is 6.54 Å². The zero-order chi connectivity index (χ0) is 20.9. The summed E-state index contributed by atoms with van der Waals surface area (Å²) in [5.74, 6) is 0.154. The number of carbonyl (C=O) groups is 2. The number of hydrogen-bond donors (Lipinski definition) is 2. The van der Waals surface area contributed by atoms with E-state index < -0.39 is 0 Å². The minimum atomic E-state index is -0.0294. The number of amides is 2. The Kier molecular flexibility index (Phi) is 6.73. The van der Waals surface area contributed by atoms with E-state index in [2.05, 4.69) is 37.5 Å². The van der Waals surface area contributed by atoms with Gasteiger partial charge in [-0.1, -0.05) is 69.3 Å². The van der Waals surface area contributed by atoms with E-state index in [1.807, 2.05) is 48.5 Å². The molecule has 0 atom stereocenters. The van der Waals surface area contributed by atoms with Gasteiger partial charge in [-0.2, -0.15) is 0 Å². The van der Waals surface area contributed by atoms with Crippen molar-refractivity contribution in [2.24, 2.45) is 11.8 Å². The monoisotopic (exact) mass is 392 g/mol. The second-order valence-electron chi connectivity index (χ2n) is 9.04. The zero-order valence-electron chi connectivity index (χ0n) is 17.7. The third-order valence-electron chi connectivity index (χ3n) is 5.77. The molecule has 1 aliphatic carbocycles. The Morgan fingerprint density at radius 1 is 0.828 bits per heavy atom. The van der Waals surface area contributed by atoms with Crippen molar-refractivity contribution in [3.63, 3.8) is 0 Å². The minimum absolute atomic E-state index is 0.00428. The second kappa shape index (κ2) is 9.25. The SMILES string of the molecule is CC(C)(C)c1ccccc1NC(=O)C1CCC(C(=O)NCc2ccccc2)CC1. The molecule has 0 radical (unpaired) electrons. The highest BCUT2D eigenvalue weighted by Crippen LogP contribution is 2.32. The van der Waals surface area contributed by atoms with E-state index >= 15 is 0 Å². The Balaban J connectivity index is 1.50. The third-order valence-corrected chi connectivity index (χ3v) is 5.77. The van der Waals surface area contributed by atoms with Gasteiger partial charge >= 0.3 is 0 Å². The van der Waals surface area contributed by atoms with Crippen LogP contribution in [0, 0.1) is 11.8 Å². The van der Waals surface area contributed by atoms with Gasteiger partial charge in [-0.3, -0.25) is 9.59 Å². The summed E-state index contributed by atoms with van der Waals surface area (Å²) in [6, 6.07) is 18.0. The minimum Gasteiger partial charge on any atom is -0.352 e.